The molecule has 0 amide bonds. The van der Waals surface area contributed by atoms with Crippen LogP contribution in [0.1, 0.15) is 97.3 Å². The van der Waals surface area contributed by atoms with Gasteiger partial charge in [-0.3, -0.25) is 0 Å². The molecule has 3 aromatic rings. The summed E-state index contributed by atoms with van der Waals surface area (Å²) in [7, 11) is 0. The first-order valence-corrected chi connectivity index (χ1v) is 14.0. The lowest BCUT2D eigenvalue weighted by Gasteiger charge is -2.40. The molecule has 1 heteroatoms. The first kappa shape index (κ1) is 27.8. The molecule has 0 fully saturated rings. The maximum Gasteiger partial charge on any atom is 0.0467 e. The summed E-state index contributed by atoms with van der Waals surface area (Å²) in [6.07, 6.45) is 7.84. The molecule has 0 unspecified atom stereocenters. The lowest BCUT2D eigenvalue weighted by molar-refractivity contribution is 0.231. The zero-order valence-electron chi connectivity index (χ0n) is 23.8. The standard InChI is InChI=1S/C35H47N/c1-9-27-16-15-17-33(26-27)36(31-22-18-29(19-23-31)34(7,8)12-4)32-24-20-30(21-25-32)35(13-5,14-6)28(10-2)11-3/h9,15-26,28H,1,10-14H2,2-8H3. The first-order valence-electron chi connectivity index (χ1n) is 14.0. The third kappa shape index (κ3) is 5.46. The van der Waals surface area contributed by atoms with Gasteiger partial charge in [-0.25, -0.2) is 0 Å². The summed E-state index contributed by atoms with van der Waals surface area (Å²) in [5.74, 6) is 0.702. The number of hydrogen-bond acceptors (Lipinski definition) is 1. The molecule has 0 atom stereocenters. The van der Waals surface area contributed by atoms with Crippen LogP contribution in [-0.4, -0.2) is 0 Å². The topological polar surface area (TPSA) is 3.24 Å². The predicted octanol–water partition coefficient (Wildman–Crippen LogP) is 11.0. The maximum atomic E-state index is 4.00. The highest BCUT2D eigenvalue weighted by Gasteiger charge is 2.35. The molecule has 0 aliphatic carbocycles. The summed E-state index contributed by atoms with van der Waals surface area (Å²) < 4.78 is 0. The Balaban J connectivity index is 2.11. The Bertz CT molecular complexity index is 1100. The van der Waals surface area contributed by atoms with Gasteiger partial charge in [-0.2, -0.15) is 0 Å². The third-order valence-corrected chi connectivity index (χ3v) is 8.88. The highest BCUT2D eigenvalue weighted by atomic mass is 15.1. The molecular formula is C35H47N. The molecule has 0 saturated carbocycles. The fraction of sp³-hybridized carbons (Fsp3) is 0.429. The number of nitrogens with zero attached hydrogens (tertiary/aromatic N) is 1. The molecule has 0 N–H and O–H groups in total. The van der Waals surface area contributed by atoms with Crippen molar-refractivity contribution in [1.29, 1.82) is 0 Å². The van der Waals surface area contributed by atoms with Gasteiger partial charge < -0.3 is 4.90 Å². The van der Waals surface area contributed by atoms with Crippen LogP contribution in [0.5, 0.6) is 0 Å². The second-order valence-electron chi connectivity index (χ2n) is 10.8. The first-order chi connectivity index (χ1) is 17.3. The Morgan fingerprint density at radius 1 is 0.694 bits per heavy atom. The van der Waals surface area contributed by atoms with E-state index in [0.717, 1.165) is 17.7 Å². The van der Waals surface area contributed by atoms with Crippen LogP contribution in [0.15, 0.2) is 79.4 Å². The number of hydrogen-bond donors (Lipinski definition) is 0. The van der Waals surface area contributed by atoms with Crippen molar-refractivity contribution in [1.82, 2.24) is 0 Å². The summed E-state index contributed by atoms with van der Waals surface area (Å²) in [5.41, 5.74) is 7.91. The van der Waals surface area contributed by atoms with Gasteiger partial charge >= 0.3 is 0 Å². The Hall–Kier alpha value is -2.80. The summed E-state index contributed by atoms with van der Waals surface area (Å²) in [6, 6.07) is 27.2. The molecule has 0 bridgehead atoms. The second kappa shape index (κ2) is 12.0. The second-order valence-corrected chi connectivity index (χ2v) is 10.8. The maximum absolute atomic E-state index is 4.00. The summed E-state index contributed by atoms with van der Waals surface area (Å²) in [6.45, 7) is 20.3. The van der Waals surface area contributed by atoms with E-state index in [1.807, 2.05) is 6.08 Å². The van der Waals surface area contributed by atoms with Crippen molar-refractivity contribution >= 4 is 23.1 Å². The molecule has 0 saturated heterocycles. The van der Waals surface area contributed by atoms with E-state index in [4.69, 9.17) is 0 Å². The van der Waals surface area contributed by atoms with Crippen LogP contribution in [0.4, 0.5) is 17.1 Å². The monoisotopic (exact) mass is 481 g/mol. The van der Waals surface area contributed by atoms with Gasteiger partial charge in [0.05, 0.1) is 0 Å². The van der Waals surface area contributed by atoms with Gasteiger partial charge in [-0.1, -0.05) is 110 Å². The fourth-order valence-corrected chi connectivity index (χ4v) is 5.99. The molecule has 0 aromatic heterocycles. The number of benzene rings is 3. The highest BCUT2D eigenvalue weighted by Crippen LogP contribution is 2.44. The van der Waals surface area contributed by atoms with Gasteiger partial charge in [-0.15, -0.1) is 0 Å². The van der Waals surface area contributed by atoms with E-state index in [1.54, 1.807) is 0 Å². The van der Waals surface area contributed by atoms with Crippen LogP contribution in [-0.2, 0) is 10.8 Å². The minimum Gasteiger partial charge on any atom is -0.310 e. The van der Waals surface area contributed by atoms with Crippen LogP contribution >= 0.6 is 0 Å². The van der Waals surface area contributed by atoms with E-state index in [2.05, 4.69) is 133 Å². The zero-order valence-corrected chi connectivity index (χ0v) is 23.8. The van der Waals surface area contributed by atoms with Gasteiger partial charge in [0.25, 0.3) is 0 Å². The Morgan fingerprint density at radius 2 is 1.22 bits per heavy atom. The summed E-state index contributed by atoms with van der Waals surface area (Å²) >= 11 is 0. The SMILES string of the molecule is C=Cc1cccc(N(c2ccc(C(C)(C)CC)cc2)c2ccc(C(CC)(CC)C(CC)CC)cc2)c1. The van der Waals surface area contributed by atoms with Crippen molar-refractivity contribution in [3.8, 4) is 0 Å². The van der Waals surface area contributed by atoms with Crippen molar-refractivity contribution in [2.45, 2.75) is 91.4 Å². The Morgan fingerprint density at radius 3 is 1.67 bits per heavy atom. The van der Waals surface area contributed by atoms with E-state index < -0.39 is 0 Å². The van der Waals surface area contributed by atoms with Crippen LogP contribution < -0.4 is 4.90 Å². The molecule has 192 valence electrons. The molecule has 0 aliphatic heterocycles. The minimum atomic E-state index is 0.173. The van der Waals surface area contributed by atoms with E-state index >= 15 is 0 Å². The van der Waals surface area contributed by atoms with Gasteiger partial charge in [0.15, 0.2) is 0 Å². The largest absolute Gasteiger partial charge is 0.310 e. The average molecular weight is 482 g/mol. The highest BCUT2D eigenvalue weighted by molar-refractivity contribution is 5.78. The number of anilines is 3. The van der Waals surface area contributed by atoms with Crippen molar-refractivity contribution in [3.05, 3.63) is 96.1 Å². The Labute approximate surface area is 221 Å². The molecule has 0 aliphatic rings. The van der Waals surface area contributed by atoms with Gasteiger partial charge in [0, 0.05) is 17.1 Å². The lowest BCUT2D eigenvalue weighted by Crippen LogP contribution is -2.33. The van der Waals surface area contributed by atoms with Crippen molar-refractivity contribution in [2.75, 3.05) is 4.90 Å². The Kier molecular flexibility index (Phi) is 9.23. The van der Waals surface area contributed by atoms with Crippen LogP contribution in [0, 0.1) is 5.92 Å². The summed E-state index contributed by atoms with van der Waals surface area (Å²) in [5, 5.41) is 0. The van der Waals surface area contributed by atoms with Crippen LogP contribution in [0.2, 0.25) is 0 Å². The van der Waals surface area contributed by atoms with Crippen molar-refractivity contribution in [2.24, 2.45) is 5.92 Å². The molecule has 36 heavy (non-hydrogen) atoms. The molecule has 3 aromatic carbocycles. The molecule has 0 spiro atoms. The smallest absolute Gasteiger partial charge is 0.0467 e. The van der Waals surface area contributed by atoms with Crippen molar-refractivity contribution < 1.29 is 0 Å². The van der Waals surface area contributed by atoms with Crippen molar-refractivity contribution in [3.63, 3.8) is 0 Å². The van der Waals surface area contributed by atoms with Gasteiger partial charge in [-0.05, 0) is 89.1 Å². The normalized spacial score (nSPS) is 12.1. The average Bonchev–Trinajstić information content (AvgIpc) is 2.93. The molecule has 0 radical (unpaired) electrons. The van der Waals surface area contributed by atoms with Gasteiger partial charge in [0.2, 0.25) is 0 Å². The van der Waals surface area contributed by atoms with Gasteiger partial charge in [0.1, 0.15) is 0 Å². The van der Waals surface area contributed by atoms with E-state index in [1.165, 1.54) is 48.2 Å². The molecular weight excluding hydrogens is 434 g/mol. The number of rotatable bonds is 12. The zero-order chi connectivity index (χ0) is 26.3. The third-order valence-electron chi connectivity index (χ3n) is 8.88. The minimum absolute atomic E-state index is 0.173. The van der Waals surface area contributed by atoms with Crippen LogP contribution in [0.25, 0.3) is 6.08 Å². The molecule has 3 rings (SSSR count). The van der Waals surface area contributed by atoms with E-state index in [-0.39, 0.29) is 10.8 Å². The quantitative estimate of drug-likeness (QED) is 0.248. The lowest BCUT2D eigenvalue weighted by atomic mass is 9.65. The predicted molar refractivity (Wildman–Crippen MR) is 161 cm³/mol. The molecule has 0 heterocycles. The van der Waals surface area contributed by atoms with Crippen LogP contribution in [0.3, 0.4) is 0 Å². The fourth-order valence-electron chi connectivity index (χ4n) is 5.99. The summed E-state index contributed by atoms with van der Waals surface area (Å²) in [4.78, 5) is 2.37. The van der Waals surface area contributed by atoms with E-state index in [9.17, 15) is 0 Å². The molecule has 1 nitrogen and oxygen atoms in total. The van der Waals surface area contributed by atoms with E-state index in [0.29, 0.717) is 5.92 Å².